The third-order valence-corrected chi connectivity index (χ3v) is 5.83. The van der Waals surface area contributed by atoms with Gasteiger partial charge in [-0.05, 0) is 47.5 Å². The van der Waals surface area contributed by atoms with E-state index in [2.05, 4.69) is 0 Å². The third kappa shape index (κ3) is 3.61. The highest BCUT2D eigenvalue weighted by atomic mass is 16.7. The van der Waals surface area contributed by atoms with Crippen molar-refractivity contribution in [3.63, 3.8) is 0 Å². The van der Waals surface area contributed by atoms with Gasteiger partial charge in [0, 0.05) is 36.9 Å². The van der Waals surface area contributed by atoms with Crippen LogP contribution < -0.4 is 9.47 Å². The fourth-order valence-corrected chi connectivity index (χ4v) is 4.20. The lowest BCUT2D eigenvalue weighted by Gasteiger charge is -2.27. The Morgan fingerprint density at radius 3 is 2.06 bits per heavy atom. The lowest BCUT2D eigenvalue weighted by atomic mass is 9.93. The molecule has 10 nitrogen and oxygen atoms in total. The van der Waals surface area contributed by atoms with E-state index >= 15 is 0 Å². The second-order valence-electron chi connectivity index (χ2n) is 7.72. The summed E-state index contributed by atoms with van der Waals surface area (Å²) in [5.74, 6) is 1.98. The summed E-state index contributed by atoms with van der Waals surface area (Å²) < 4.78 is 11.0. The maximum Gasteiger partial charge on any atom is 0.269 e. The molecule has 5 rings (SSSR count). The number of hydrogen-bond acceptors (Lipinski definition) is 8. The summed E-state index contributed by atoms with van der Waals surface area (Å²) in [6.07, 6.45) is 0. The minimum absolute atomic E-state index is 0.000704. The minimum atomic E-state index is -0.445. The fraction of sp³-hybridized carbons (Fsp3) is 0.174. The van der Waals surface area contributed by atoms with Crippen molar-refractivity contribution in [1.82, 2.24) is 4.90 Å². The zero-order valence-electron chi connectivity index (χ0n) is 17.5. The zero-order chi connectivity index (χ0) is 23.1. The van der Waals surface area contributed by atoms with Crippen molar-refractivity contribution in [2.24, 2.45) is 4.99 Å². The number of rotatable bonds is 5. The second-order valence-corrected chi connectivity index (χ2v) is 7.72. The van der Waals surface area contributed by atoms with E-state index in [0.717, 1.165) is 16.7 Å². The zero-order valence-corrected chi connectivity index (χ0v) is 17.5. The molecule has 2 aliphatic heterocycles. The molecule has 2 unspecified atom stereocenters. The highest BCUT2D eigenvalue weighted by Crippen LogP contribution is 2.45. The summed E-state index contributed by atoms with van der Waals surface area (Å²) in [6.45, 7) is 0.162. The predicted octanol–water partition coefficient (Wildman–Crippen LogP) is 4.41. The number of nitrogens with zero attached hydrogens (tertiary/aromatic N) is 4. The van der Waals surface area contributed by atoms with E-state index in [4.69, 9.17) is 14.5 Å². The van der Waals surface area contributed by atoms with Crippen LogP contribution in [-0.2, 0) is 0 Å². The molecule has 3 aromatic carbocycles. The molecular weight excluding hydrogens is 428 g/mol. The van der Waals surface area contributed by atoms with E-state index in [1.807, 2.05) is 30.1 Å². The molecule has 0 saturated heterocycles. The lowest BCUT2D eigenvalue weighted by Crippen LogP contribution is -2.28. The molecule has 10 heteroatoms. The van der Waals surface area contributed by atoms with Gasteiger partial charge in [0.15, 0.2) is 11.5 Å². The average molecular weight is 446 g/mol. The third-order valence-electron chi connectivity index (χ3n) is 5.83. The molecule has 166 valence electrons. The summed E-state index contributed by atoms with van der Waals surface area (Å²) in [5, 5.41) is 22.1. The summed E-state index contributed by atoms with van der Waals surface area (Å²) in [5.41, 5.74) is 2.49. The van der Waals surface area contributed by atoms with Gasteiger partial charge in [-0.2, -0.15) is 0 Å². The van der Waals surface area contributed by atoms with Crippen LogP contribution in [0, 0.1) is 20.2 Å². The number of nitro benzene ring substituents is 2. The van der Waals surface area contributed by atoms with E-state index in [-0.39, 0.29) is 30.3 Å². The molecule has 3 aromatic rings. The quantitative estimate of drug-likeness (QED) is 0.420. The van der Waals surface area contributed by atoms with Crippen molar-refractivity contribution >= 4 is 17.2 Å². The number of likely N-dealkylation sites (N-methyl/N-ethyl adjacent to an activating group) is 1. The summed E-state index contributed by atoms with van der Waals surface area (Å²) in [4.78, 5) is 28.2. The molecule has 0 fully saturated rings. The Labute approximate surface area is 188 Å². The Hall–Kier alpha value is -4.47. The molecule has 0 spiro atoms. The topological polar surface area (TPSA) is 120 Å². The Kier molecular flexibility index (Phi) is 4.89. The van der Waals surface area contributed by atoms with Crippen molar-refractivity contribution < 1.29 is 19.3 Å². The molecule has 0 N–H and O–H groups in total. The maximum atomic E-state index is 11.1. The summed E-state index contributed by atoms with van der Waals surface area (Å²) in [7, 11) is 1.90. The monoisotopic (exact) mass is 446 g/mol. The van der Waals surface area contributed by atoms with Gasteiger partial charge in [0.25, 0.3) is 11.4 Å². The van der Waals surface area contributed by atoms with Gasteiger partial charge in [0.05, 0.1) is 15.9 Å². The molecule has 0 aliphatic carbocycles. The number of amidine groups is 1. The number of non-ortho nitro benzene ring substituents is 2. The van der Waals surface area contributed by atoms with Crippen LogP contribution in [0.1, 0.15) is 28.8 Å². The Morgan fingerprint density at radius 1 is 0.848 bits per heavy atom. The molecule has 2 aliphatic rings. The van der Waals surface area contributed by atoms with Gasteiger partial charge in [-0.1, -0.05) is 6.07 Å². The van der Waals surface area contributed by atoms with Crippen LogP contribution >= 0.6 is 0 Å². The lowest BCUT2D eigenvalue weighted by molar-refractivity contribution is -0.385. The SMILES string of the molecule is CN1C(c2ccc([N+](=O)[O-])cc2)=NC(c2ccc([N+](=O)[O-])cc2)C1c1ccc2c(c1)OCO2. The number of ether oxygens (including phenoxy) is 2. The highest BCUT2D eigenvalue weighted by Gasteiger charge is 2.37. The van der Waals surface area contributed by atoms with Crippen LogP contribution in [0.5, 0.6) is 11.5 Å². The van der Waals surface area contributed by atoms with Crippen LogP contribution in [-0.4, -0.2) is 34.4 Å². The van der Waals surface area contributed by atoms with Crippen molar-refractivity contribution in [2.45, 2.75) is 12.1 Å². The van der Waals surface area contributed by atoms with Crippen LogP contribution in [0.3, 0.4) is 0 Å². The van der Waals surface area contributed by atoms with Gasteiger partial charge in [-0.3, -0.25) is 25.2 Å². The van der Waals surface area contributed by atoms with Crippen LogP contribution in [0.2, 0.25) is 0 Å². The normalized spacial score (nSPS) is 18.8. The van der Waals surface area contributed by atoms with E-state index in [1.54, 1.807) is 24.3 Å². The minimum Gasteiger partial charge on any atom is -0.454 e. The molecule has 2 atom stereocenters. The highest BCUT2D eigenvalue weighted by molar-refractivity contribution is 6.00. The van der Waals surface area contributed by atoms with Crippen molar-refractivity contribution in [1.29, 1.82) is 0 Å². The van der Waals surface area contributed by atoms with E-state index < -0.39 is 9.85 Å². The van der Waals surface area contributed by atoms with Gasteiger partial charge >= 0.3 is 0 Å². The predicted molar refractivity (Wildman–Crippen MR) is 119 cm³/mol. The van der Waals surface area contributed by atoms with Crippen molar-refractivity contribution in [3.05, 3.63) is 104 Å². The van der Waals surface area contributed by atoms with Gasteiger partial charge in [0.2, 0.25) is 6.79 Å². The molecule has 2 heterocycles. The van der Waals surface area contributed by atoms with Crippen molar-refractivity contribution in [3.8, 4) is 11.5 Å². The van der Waals surface area contributed by atoms with Gasteiger partial charge in [0.1, 0.15) is 11.9 Å². The molecule has 0 saturated carbocycles. The summed E-state index contributed by atoms with van der Waals surface area (Å²) in [6, 6.07) is 17.7. The molecule has 0 amide bonds. The Bertz CT molecular complexity index is 1270. The van der Waals surface area contributed by atoms with Crippen LogP contribution in [0.25, 0.3) is 0 Å². The Balaban J connectivity index is 1.57. The van der Waals surface area contributed by atoms with E-state index in [9.17, 15) is 20.2 Å². The molecular formula is C23H18N4O6. The average Bonchev–Trinajstić information content (AvgIpc) is 3.43. The van der Waals surface area contributed by atoms with Crippen LogP contribution in [0.15, 0.2) is 71.7 Å². The first kappa shape index (κ1) is 20.4. The largest absolute Gasteiger partial charge is 0.454 e. The number of nitro groups is 2. The molecule has 0 radical (unpaired) electrons. The molecule has 0 bridgehead atoms. The molecule has 33 heavy (non-hydrogen) atoms. The maximum absolute atomic E-state index is 11.1. The number of hydrogen-bond donors (Lipinski definition) is 0. The fourth-order valence-electron chi connectivity index (χ4n) is 4.20. The number of fused-ring (bicyclic) bond motifs is 1. The first-order valence-corrected chi connectivity index (χ1v) is 10.1. The van der Waals surface area contributed by atoms with E-state index in [1.165, 1.54) is 24.3 Å². The molecule has 0 aromatic heterocycles. The van der Waals surface area contributed by atoms with Gasteiger partial charge in [-0.15, -0.1) is 0 Å². The summed E-state index contributed by atoms with van der Waals surface area (Å²) >= 11 is 0. The van der Waals surface area contributed by atoms with Crippen LogP contribution in [0.4, 0.5) is 11.4 Å². The second kappa shape index (κ2) is 7.90. The smallest absolute Gasteiger partial charge is 0.269 e. The first-order chi connectivity index (χ1) is 15.9. The Morgan fingerprint density at radius 2 is 1.42 bits per heavy atom. The van der Waals surface area contributed by atoms with Gasteiger partial charge in [-0.25, -0.2) is 0 Å². The number of aliphatic imine (C=N–C) groups is 1. The first-order valence-electron chi connectivity index (χ1n) is 10.1. The van der Waals surface area contributed by atoms with E-state index in [0.29, 0.717) is 17.3 Å². The standard InChI is InChI=1S/C23H18N4O6/c1-25-22(16-6-11-19-20(12-16)33-13-32-19)21(14-2-7-17(8-3-14)26(28)29)24-23(25)15-4-9-18(10-5-15)27(30)31/h2-12,21-22H,13H2,1H3. The van der Waals surface area contributed by atoms with Gasteiger partial charge < -0.3 is 14.4 Å². The number of benzene rings is 3. The van der Waals surface area contributed by atoms with Crippen molar-refractivity contribution in [2.75, 3.05) is 13.8 Å².